The van der Waals surface area contributed by atoms with Crippen LogP contribution in [0.3, 0.4) is 0 Å². The standard InChI is InChI=1S/C15H28O5/c1-2-3-4-5-6-7-8-9-19-13-11-20-12(10-16)14(17)15(13)18/h7-8,12-18H,2-6,9-11H2,1H3/b8-7+/t12-,13+,14-,15-/m0/s1. The van der Waals surface area contributed by atoms with Gasteiger partial charge in [-0.1, -0.05) is 38.3 Å². The summed E-state index contributed by atoms with van der Waals surface area (Å²) in [5.74, 6) is 0. The fraction of sp³-hybridized carbons (Fsp3) is 0.867. The predicted octanol–water partition coefficient (Wildman–Crippen LogP) is 1.01. The number of hydrogen-bond acceptors (Lipinski definition) is 5. The van der Waals surface area contributed by atoms with Crippen molar-refractivity contribution in [3.8, 4) is 0 Å². The third-order valence-electron chi connectivity index (χ3n) is 3.56. The highest BCUT2D eigenvalue weighted by Gasteiger charge is 2.38. The first kappa shape index (κ1) is 17.6. The fourth-order valence-electron chi connectivity index (χ4n) is 2.22. The molecule has 0 amide bonds. The minimum Gasteiger partial charge on any atom is -0.394 e. The van der Waals surface area contributed by atoms with E-state index in [0.717, 1.165) is 6.42 Å². The molecule has 1 saturated heterocycles. The monoisotopic (exact) mass is 288 g/mol. The zero-order valence-corrected chi connectivity index (χ0v) is 12.3. The molecular weight excluding hydrogens is 260 g/mol. The average molecular weight is 288 g/mol. The van der Waals surface area contributed by atoms with Crippen LogP contribution in [-0.4, -0.2) is 59.6 Å². The molecule has 0 aromatic heterocycles. The number of aliphatic hydroxyl groups excluding tert-OH is 3. The molecule has 0 unspecified atom stereocenters. The van der Waals surface area contributed by atoms with Gasteiger partial charge in [0.2, 0.25) is 0 Å². The minimum absolute atomic E-state index is 0.188. The molecule has 4 atom stereocenters. The van der Waals surface area contributed by atoms with Gasteiger partial charge in [-0.25, -0.2) is 0 Å². The van der Waals surface area contributed by atoms with E-state index in [9.17, 15) is 10.2 Å². The summed E-state index contributed by atoms with van der Waals surface area (Å²) in [6.45, 7) is 2.47. The molecular formula is C15H28O5. The first-order valence-electron chi connectivity index (χ1n) is 7.55. The molecule has 0 spiro atoms. The minimum atomic E-state index is -1.10. The van der Waals surface area contributed by atoms with E-state index in [1.807, 2.05) is 6.08 Å². The second kappa shape index (κ2) is 10.3. The summed E-state index contributed by atoms with van der Waals surface area (Å²) in [5, 5.41) is 28.5. The van der Waals surface area contributed by atoms with Crippen LogP contribution in [-0.2, 0) is 9.47 Å². The highest BCUT2D eigenvalue weighted by Crippen LogP contribution is 2.17. The predicted molar refractivity (Wildman–Crippen MR) is 76.5 cm³/mol. The quantitative estimate of drug-likeness (QED) is 0.436. The number of aliphatic hydroxyl groups is 3. The first-order chi connectivity index (χ1) is 9.70. The van der Waals surface area contributed by atoms with Gasteiger partial charge < -0.3 is 24.8 Å². The highest BCUT2D eigenvalue weighted by molar-refractivity contribution is 4.88. The molecule has 1 heterocycles. The summed E-state index contributed by atoms with van der Waals surface area (Å²) in [6, 6.07) is 0. The van der Waals surface area contributed by atoms with Gasteiger partial charge in [0.05, 0.1) is 19.8 Å². The number of rotatable bonds is 9. The van der Waals surface area contributed by atoms with Gasteiger partial charge >= 0.3 is 0 Å². The lowest BCUT2D eigenvalue weighted by molar-refractivity contribution is -0.205. The van der Waals surface area contributed by atoms with Gasteiger partial charge in [-0.2, -0.15) is 0 Å². The van der Waals surface area contributed by atoms with E-state index < -0.39 is 24.4 Å². The molecule has 1 aliphatic rings. The number of allylic oxidation sites excluding steroid dienone is 1. The van der Waals surface area contributed by atoms with Crippen LogP contribution in [0.15, 0.2) is 12.2 Å². The van der Waals surface area contributed by atoms with Gasteiger partial charge in [-0.05, 0) is 12.8 Å². The highest BCUT2D eigenvalue weighted by atomic mass is 16.6. The average Bonchev–Trinajstić information content (AvgIpc) is 2.46. The van der Waals surface area contributed by atoms with Crippen LogP contribution in [0.4, 0.5) is 0 Å². The van der Waals surface area contributed by atoms with Crippen LogP contribution in [0.2, 0.25) is 0 Å². The molecule has 1 aliphatic heterocycles. The van der Waals surface area contributed by atoms with Gasteiger partial charge in [0.15, 0.2) is 0 Å². The van der Waals surface area contributed by atoms with Crippen molar-refractivity contribution in [1.82, 2.24) is 0 Å². The van der Waals surface area contributed by atoms with E-state index in [0.29, 0.717) is 6.61 Å². The summed E-state index contributed by atoms with van der Waals surface area (Å²) < 4.78 is 10.7. The lowest BCUT2D eigenvalue weighted by atomic mass is 10.0. The van der Waals surface area contributed by atoms with Crippen molar-refractivity contribution in [2.75, 3.05) is 19.8 Å². The Morgan fingerprint density at radius 1 is 1.15 bits per heavy atom. The van der Waals surface area contributed by atoms with Crippen molar-refractivity contribution in [1.29, 1.82) is 0 Å². The molecule has 0 bridgehead atoms. The molecule has 5 nitrogen and oxygen atoms in total. The molecule has 118 valence electrons. The van der Waals surface area contributed by atoms with Crippen LogP contribution < -0.4 is 0 Å². The maximum atomic E-state index is 9.85. The van der Waals surface area contributed by atoms with Crippen LogP contribution >= 0.6 is 0 Å². The summed E-state index contributed by atoms with van der Waals surface area (Å²) in [6.07, 6.45) is 6.64. The number of ether oxygens (including phenoxy) is 2. The zero-order chi connectivity index (χ0) is 14.8. The molecule has 5 heteroatoms. The Balaban J connectivity index is 2.14. The summed E-state index contributed by atoms with van der Waals surface area (Å²) in [4.78, 5) is 0. The second-order valence-electron chi connectivity index (χ2n) is 5.23. The van der Waals surface area contributed by atoms with Crippen molar-refractivity contribution < 1.29 is 24.8 Å². The van der Waals surface area contributed by atoms with E-state index in [-0.39, 0.29) is 13.2 Å². The molecule has 1 fully saturated rings. The van der Waals surface area contributed by atoms with E-state index in [1.54, 1.807) is 0 Å². The summed E-state index contributed by atoms with van der Waals surface area (Å²) in [5.41, 5.74) is 0. The SMILES string of the molecule is CCCCCC/C=C/CO[C@@H]1CO[C@@H](CO)[C@H](O)[C@H]1O. The van der Waals surface area contributed by atoms with E-state index >= 15 is 0 Å². The number of hydrogen-bond donors (Lipinski definition) is 3. The molecule has 0 aromatic rings. The maximum absolute atomic E-state index is 9.85. The zero-order valence-electron chi connectivity index (χ0n) is 12.3. The van der Waals surface area contributed by atoms with Gasteiger partial charge in [0, 0.05) is 0 Å². The van der Waals surface area contributed by atoms with Crippen molar-refractivity contribution in [3.05, 3.63) is 12.2 Å². The summed E-state index contributed by atoms with van der Waals surface area (Å²) >= 11 is 0. The first-order valence-corrected chi connectivity index (χ1v) is 7.55. The Bertz CT molecular complexity index is 269. The van der Waals surface area contributed by atoms with Crippen molar-refractivity contribution in [2.45, 2.75) is 63.4 Å². The van der Waals surface area contributed by atoms with Crippen LogP contribution in [0.5, 0.6) is 0 Å². The topological polar surface area (TPSA) is 79.2 Å². The van der Waals surface area contributed by atoms with Crippen LogP contribution in [0.25, 0.3) is 0 Å². The van der Waals surface area contributed by atoms with Gasteiger partial charge in [0.25, 0.3) is 0 Å². The molecule has 0 saturated carbocycles. The van der Waals surface area contributed by atoms with Crippen molar-refractivity contribution >= 4 is 0 Å². The molecule has 20 heavy (non-hydrogen) atoms. The Labute approximate surface area is 121 Å². The number of unbranched alkanes of at least 4 members (excludes halogenated alkanes) is 4. The van der Waals surface area contributed by atoms with Crippen LogP contribution in [0, 0.1) is 0 Å². The third kappa shape index (κ3) is 5.89. The van der Waals surface area contributed by atoms with E-state index in [2.05, 4.69) is 13.0 Å². The largest absolute Gasteiger partial charge is 0.394 e. The van der Waals surface area contributed by atoms with E-state index in [4.69, 9.17) is 14.6 Å². The Kier molecular flexibility index (Phi) is 9.05. The summed E-state index contributed by atoms with van der Waals surface area (Å²) in [7, 11) is 0. The van der Waals surface area contributed by atoms with Gasteiger partial charge in [0.1, 0.15) is 24.4 Å². The smallest absolute Gasteiger partial charge is 0.111 e. The second-order valence-corrected chi connectivity index (χ2v) is 5.23. The van der Waals surface area contributed by atoms with E-state index in [1.165, 1.54) is 25.7 Å². The van der Waals surface area contributed by atoms with Gasteiger partial charge in [-0.15, -0.1) is 0 Å². The van der Waals surface area contributed by atoms with Crippen molar-refractivity contribution in [3.63, 3.8) is 0 Å². The van der Waals surface area contributed by atoms with Gasteiger partial charge in [-0.3, -0.25) is 0 Å². The molecule has 0 aliphatic carbocycles. The lowest BCUT2D eigenvalue weighted by Gasteiger charge is -2.36. The third-order valence-corrected chi connectivity index (χ3v) is 3.56. The Hall–Kier alpha value is -0.460. The van der Waals surface area contributed by atoms with Crippen LogP contribution in [0.1, 0.15) is 39.0 Å². The molecule has 3 N–H and O–H groups in total. The maximum Gasteiger partial charge on any atom is 0.111 e. The Morgan fingerprint density at radius 3 is 2.65 bits per heavy atom. The molecule has 1 rings (SSSR count). The molecule has 0 aromatic carbocycles. The normalized spacial score (nSPS) is 31.0. The lowest BCUT2D eigenvalue weighted by Crippen LogP contribution is -2.54. The van der Waals surface area contributed by atoms with Crippen molar-refractivity contribution in [2.24, 2.45) is 0 Å². The Morgan fingerprint density at radius 2 is 1.95 bits per heavy atom. The fourth-order valence-corrected chi connectivity index (χ4v) is 2.22. The molecule has 0 radical (unpaired) electrons.